The van der Waals surface area contributed by atoms with Crippen molar-refractivity contribution in [2.75, 3.05) is 26.7 Å². The summed E-state index contributed by atoms with van der Waals surface area (Å²) in [6.45, 7) is 9.28. The highest BCUT2D eigenvalue weighted by Gasteiger charge is 2.37. The molecule has 5 rings (SSSR count). The normalized spacial score (nSPS) is 17.4. The zero-order valence-corrected chi connectivity index (χ0v) is 26.7. The van der Waals surface area contributed by atoms with Crippen LogP contribution in [0.4, 0.5) is 4.79 Å². The number of benzene rings is 4. The highest BCUT2D eigenvalue weighted by molar-refractivity contribution is 5.96. The quantitative estimate of drug-likeness (QED) is 0.200. The molecule has 7 heteroatoms. The Kier molecular flexibility index (Phi) is 9.57. The molecule has 0 bridgehead atoms. The molecular weight excluding hydrogens is 564 g/mol. The van der Waals surface area contributed by atoms with Crippen LogP contribution in [0.15, 0.2) is 97.1 Å². The van der Waals surface area contributed by atoms with Gasteiger partial charge in [-0.1, -0.05) is 72.8 Å². The van der Waals surface area contributed by atoms with E-state index in [1.54, 1.807) is 24.3 Å². The lowest BCUT2D eigenvalue weighted by molar-refractivity contribution is 0.00909. The number of carbonyl (C=O) groups excluding carboxylic acids is 3. The minimum absolute atomic E-state index is 0.00268. The predicted molar refractivity (Wildman–Crippen MR) is 176 cm³/mol. The van der Waals surface area contributed by atoms with Gasteiger partial charge < -0.3 is 19.3 Å². The molecule has 45 heavy (non-hydrogen) atoms. The molecule has 0 aliphatic carbocycles. The fourth-order valence-corrected chi connectivity index (χ4v) is 6.28. The number of amides is 2. The molecule has 234 valence electrons. The smallest absolute Gasteiger partial charge is 0.410 e. The van der Waals surface area contributed by atoms with Gasteiger partial charge in [-0.3, -0.25) is 4.79 Å². The van der Waals surface area contributed by atoms with Gasteiger partial charge in [0.15, 0.2) is 0 Å². The van der Waals surface area contributed by atoms with Crippen LogP contribution in [0.2, 0.25) is 0 Å². The Hall–Kier alpha value is -4.65. The first-order chi connectivity index (χ1) is 21.6. The maximum Gasteiger partial charge on any atom is 0.410 e. The van der Waals surface area contributed by atoms with E-state index in [0.717, 1.165) is 21.9 Å². The molecule has 0 saturated carbocycles. The number of piperidine rings is 1. The number of methoxy groups -OCH3 is 1. The topological polar surface area (TPSA) is 76.2 Å². The molecule has 4 aromatic rings. The van der Waals surface area contributed by atoms with Gasteiger partial charge in [0.2, 0.25) is 0 Å². The van der Waals surface area contributed by atoms with Gasteiger partial charge in [-0.15, -0.1) is 0 Å². The Morgan fingerprint density at radius 2 is 1.51 bits per heavy atom. The molecule has 0 radical (unpaired) electrons. The molecular formula is C38H42N2O5. The van der Waals surface area contributed by atoms with E-state index in [-0.39, 0.29) is 29.9 Å². The van der Waals surface area contributed by atoms with Gasteiger partial charge in [-0.25, -0.2) is 9.59 Å². The number of esters is 1. The summed E-state index contributed by atoms with van der Waals surface area (Å²) >= 11 is 0. The molecule has 1 saturated heterocycles. The summed E-state index contributed by atoms with van der Waals surface area (Å²) < 4.78 is 10.8. The van der Waals surface area contributed by atoms with Crippen LogP contribution in [-0.4, -0.2) is 60.1 Å². The maximum atomic E-state index is 13.9. The van der Waals surface area contributed by atoms with Crippen molar-refractivity contribution < 1.29 is 23.9 Å². The van der Waals surface area contributed by atoms with Crippen molar-refractivity contribution in [1.82, 2.24) is 9.80 Å². The molecule has 1 fully saturated rings. The minimum atomic E-state index is -0.647. The molecule has 2 amide bonds. The third kappa shape index (κ3) is 7.36. The van der Waals surface area contributed by atoms with Gasteiger partial charge in [0.05, 0.1) is 18.7 Å². The van der Waals surface area contributed by atoms with Crippen molar-refractivity contribution in [1.29, 1.82) is 0 Å². The number of hydrogen-bond donors (Lipinski definition) is 0. The standard InChI is InChI=1S/C38H42N2O5/c1-26(32-17-11-15-27-14-9-10-16-33(27)32)40(37(43)45-38(2,3)4)24-31-22-23-39(25-34(31)28-12-7-6-8-13-28)35(41)29-18-20-30(21-19-29)36(42)44-5/h6-21,26,31,34H,22-25H2,1-5H3/t26-,31?,34?/m1/s1. The second-order valence-corrected chi connectivity index (χ2v) is 12.8. The summed E-state index contributed by atoms with van der Waals surface area (Å²) in [4.78, 5) is 43.2. The number of carbonyl (C=O) groups is 3. The molecule has 1 aliphatic rings. The number of rotatable bonds is 7. The second-order valence-electron chi connectivity index (χ2n) is 12.8. The van der Waals surface area contributed by atoms with Crippen LogP contribution in [0.5, 0.6) is 0 Å². The van der Waals surface area contributed by atoms with E-state index in [0.29, 0.717) is 37.2 Å². The van der Waals surface area contributed by atoms with Gasteiger partial charge in [-0.2, -0.15) is 0 Å². The van der Waals surface area contributed by atoms with Crippen LogP contribution in [0.1, 0.15) is 77.9 Å². The zero-order valence-electron chi connectivity index (χ0n) is 26.7. The summed E-state index contributed by atoms with van der Waals surface area (Å²) in [5.74, 6) is -0.434. The molecule has 1 heterocycles. The minimum Gasteiger partial charge on any atom is -0.465 e. The number of hydrogen-bond acceptors (Lipinski definition) is 5. The zero-order chi connectivity index (χ0) is 32.1. The first-order valence-corrected chi connectivity index (χ1v) is 15.6. The molecule has 2 unspecified atom stereocenters. The SMILES string of the molecule is COC(=O)c1ccc(C(=O)N2CCC(CN(C(=O)OC(C)(C)C)[C@H](C)c3cccc4ccccc34)C(c3ccccc3)C2)cc1. The third-order valence-corrected chi connectivity index (χ3v) is 8.62. The van der Waals surface area contributed by atoms with Crippen LogP contribution in [0, 0.1) is 5.92 Å². The van der Waals surface area contributed by atoms with Gasteiger partial charge >= 0.3 is 12.1 Å². The van der Waals surface area contributed by atoms with Gasteiger partial charge in [-0.05, 0) is 86.2 Å². The maximum absolute atomic E-state index is 13.9. The van der Waals surface area contributed by atoms with Crippen molar-refractivity contribution in [3.05, 3.63) is 119 Å². The van der Waals surface area contributed by atoms with Crippen molar-refractivity contribution in [3.63, 3.8) is 0 Å². The Balaban J connectivity index is 1.44. The Labute approximate surface area is 265 Å². The molecule has 3 atom stereocenters. The Morgan fingerprint density at radius 3 is 2.20 bits per heavy atom. The largest absolute Gasteiger partial charge is 0.465 e. The van der Waals surface area contributed by atoms with Gasteiger partial charge in [0.1, 0.15) is 5.60 Å². The number of fused-ring (bicyclic) bond motifs is 1. The van der Waals surface area contributed by atoms with Crippen LogP contribution in [0.25, 0.3) is 10.8 Å². The van der Waals surface area contributed by atoms with Crippen molar-refractivity contribution in [3.8, 4) is 0 Å². The van der Waals surface area contributed by atoms with Gasteiger partial charge in [0.25, 0.3) is 5.91 Å². The fraction of sp³-hybridized carbons (Fsp3) is 0.342. The first kappa shape index (κ1) is 31.8. The molecule has 0 aromatic heterocycles. The predicted octanol–water partition coefficient (Wildman–Crippen LogP) is 7.87. The summed E-state index contributed by atoms with van der Waals surface area (Å²) in [5.41, 5.74) is 2.47. The highest BCUT2D eigenvalue weighted by Crippen LogP contribution is 2.37. The third-order valence-electron chi connectivity index (χ3n) is 8.62. The van der Waals surface area contributed by atoms with Crippen LogP contribution in [-0.2, 0) is 9.47 Å². The highest BCUT2D eigenvalue weighted by atomic mass is 16.6. The van der Waals surface area contributed by atoms with E-state index in [9.17, 15) is 14.4 Å². The Morgan fingerprint density at radius 1 is 0.867 bits per heavy atom. The van der Waals surface area contributed by atoms with E-state index >= 15 is 0 Å². The van der Waals surface area contributed by atoms with E-state index in [1.165, 1.54) is 7.11 Å². The average molecular weight is 607 g/mol. The van der Waals surface area contributed by atoms with Gasteiger partial charge in [0, 0.05) is 31.1 Å². The number of ether oxygens (including phenoxy) is 2. The van der Waals surface area contributed by atoms with Crippen molar-refractivity contribution in [2.24, 2.45) is 5.92 Å². The lowest BCUT2D eigenvalue weighted by atomic mass is 9.80. The molecule has 1 aliphatic heterocycles. The van der Waals surface area contributed by atoms with Crippen molar-refractivity contribution >= 4 is 28.7 Å². The lowest BCUT2D eigenvalue weighted by Gasteiger charge is -2.42. The molecule has 4 aromatic carbocycles. The lowest BCUT2D eigenvalue weighted by Crippen LogP contribution is -2.48. The number of nitrogens with zero attached hydrogens (tertiary/aromatic N) is 2. The van der Waals surface area contributed by atoms with Crippen LogP contribution < -0.4 is 0 Å². The molecule has 0 spiro atoms. The van der Waals surface area contributed by atoms with E-state index < -0.39 is 11.6 Å². The van der Waals surface area contributed by atoms with E-state index in [2.05, 4.69) is 43.3 Å². The summed E-state index contributed by atoms with van der Waals surface area (Å²) in [6.07, 6.45) is 0.367. The molecule has 0 N–H and O–H groups in total. The molecule has 7 nitrogen and oxygen atoms in total. The summed E-state index contributed by atoms with van der Waals surface area (Å²) in [6, 6.07) is 31.0. The summed E-state index contributed by atoms with van der Waals surface area (Å²) in [5, 5.41) is 2.24. The number of likely N-dealkylation sites (tertiary alicyclic amines) is 1. The van der Waals surface area contributed by atoms with Crippen LogP contribution in [0.3, 0.4) is 0 Å². The first-order valence-electron chi connectivity index (χ1n) is 15.6. The average Bonchev–Trinajstić information content (AvgIpc) is 3.05. The van der Waals surface area contributed by atoms with Crippen molar-refractivity contribution in [2.45, 2.75) is 51.7 Å². The van der Waals surface area contributed by atoms with Crippen LogP contribution >= 0.6 is 0 Å². The summed E-state index contributed by atoms with van der Waals surface area (Å²) in [7, 11) is 1.34. The van der Waals surface area contributed by atoms with E-state index in [1.807, 2.05) is 67.0 Å². The van der Waals surface area contributed by atoms with E-state index in [4.69, 9.17) is 9.47 Å². The Bertz CT molecular complexity index is 1640. The second kappa shape index (κ2) is 13.6. The fourth-order valence-electron chi connectivity index (χ4n) is 6.28. The monoisotopic (exact) mass is 606 g/mol.